The molecule has 1 N–H and O–H groups in total. The summed E-state index contributed by atoms with van der Waals surface area (Å²) in [6.07, 6.45) is 0. The van der Waals surface area contributed by atoms with Gasteiger partial charge in [-0.25, -0.2) is 4.79 Å². The van der Waals surface area contributed by atoms with Crippen LogP contribution in [0.1, 0.15) is 34.5 Å². The number of benzene rings is 2. The van der Waals surface area contributed by atoms with Crippen LogP contribution in [0.4, 0.5) is 0 Å². The molecule has 0 saturated heterocycles. The maximum atomic E-state index is 12.0. The number of amides is 1. The molecule has 0 aliphatic heterocycles. The molecule has 2 aromatic rings. The first-order chi connectivity index (χ1) is 12.4. The Balaban J connectivity index is 1.86. The third-order valence-electron chi connectivity index (χ3n) is 3.64. The molecular weight excluding hydrogens is 377 g/mol. The van der Waals surface area contributed by atoms with E-state index in [-0.39, 0.29) is 12.6 Å². The molecule has 0 aromatic heterocycles. The second-order valence-electron chi connectivity index (χ2n) is 5.66. The van der Waals surface area contributed by atoms with Gasteiger partial charge in [0, 0.05) is 17.2 Å². The molecule has 0 spiro atoms. The largest absolute Gasteiger partial charge is 0.452 e. The van der Waals surface area contributed by atoms with E-state index in [4.69, 9.17) is 32.7 Å². The van der Waals surface area contributed by atoms with Crippen LogP contribution in [0.5, 0.6) is 0 Å². The number of ether oxygens (including phenoxy) is 2. The van der Waals surface area contributed by atoms with Crippen molar-refractivity contribution in [3.8, 4) is 0 Å². The monoisotopic (exact) mass is 395 g/mol. The van der Waals surface area contributed by atoms with Crippen LogP contribution in [0.3, 0.4) is 0 Å². The Morgan fingerprint density at radius 3 is 2.42 bits per heavy atom. The number of rotatable bonds is 7. The molecule has 26 heavy (non-hydrogen) atoms. The number of nitrogens with one attached hydrogen (secondary N) is 1. The number of halogens is 2. The summed E-state index contributed by atoms with van der Waals surface area (Å²) in [5.41, 5.74) is 2.03. The summed E-state index contributed by atoms with van der Waals surface area (Å²) in [6.45, 7) is 1.86. The molecule has 1 unspecified atom stereocenters. The van der Waals surface area contributed by atoms with Crippen LogP contribution >= 0.6 is 23.2 Å². The summed E-state index contributed by atoms with van der Waals surface area (Å²) in [6, 6.07) is 11.5. The van der Waals surface area contributed by atoms with E-state index in [2.05, 4.69) is 5.32 Å². The van der Waals surface area contributed by atoms with Crippen molar-refractivity contribution < 1.29 is 19.1 Å². The van der Waals surface area contributed by atoms with Gasteiger partial charge in [-0.3, -0.25) is 4.79 Å². The quantitative estimate of drug-likeness (QED) is 0.714. The smallest absolute Gasteiger partial charge is 0.338 e. The van der Waals surface area contributed by atoms with Crippen LogP contribution in [0.15, 0.2) is 42.5 Å². The SMILES string of the molecule is COCc1ccc(C(=O)OCC(=O)NC(C)c2ccc(Cl)cc2Cl)cc1. The lowest BCUT2D eigenvalue weighted by molar-refractivity contribution is -0.124. The van der Waals surface area contributed by atoms with Crippen LogP contribution in [-0.2, 0) is 20.9 Å². The molecule has 0 aliphatic rings. The first-order valence-corrected chi connectivity index (χ1v) is 8.65. The van der Waals surface area contributed by atoms with E-state index in [9.17, 15) is 9.59 Å². The van der Waals surface area contributed by atoms with Gasteiger partial charge in [0.1, 0.15) is 0 Å². The van der Waals surface area contributed by atoms with E-state index >= 15 is 0 Å². The number of methoxy groups -OCH3 is 1. The van der Waals surface area contributed by atoms with E-state index in [1.165, 1.54) is 0 Å². The van der Waals surface area contributed by atoms with Gasteiger partial charge in [0.15, 0.2) is 6.61 Å². The fourth-order valence-electron chi connectivity index (χ4n) is 2.33. The topological polar surface area (TPSA) is 64.6 Å². The Kier molecular flexibility index (Phi) is 7.45. The van der Waals surface area contributed by atoms with Crippen molar-refractivity contribution in [3.05, 3.63) is 69.2 Å². The molecule has 1 atom stereocenters. The van der Waals surface area contributed by atoms with Crippen molar-refractivity contribution in [2.24, 2.45) is 0 Å². The summed E-state index contributed by atoms with van der Waals surface area (Å²) in [5.74, 6) is -0.992. The first-order valence-electron chi connectivity index (χ1n) is 7.90. The Labute approximate surface area is 162 Å². The summed E-state index contributed by atoms with van der Waals surface area (Å²) in [4.78, 5) is 24.0. The zero-order chi connectivity index (χ0) is 19.1. The molecule has 0 saturated carbocycles. The average molecular weight is 396 g/mol. The van der Waals surface area contributed by atoms with E-state index in [1.807, 2.05) is 0 Å². The second-order valence-corrected chi connectivity index (χ2v) is 6.50. The summed E-state index contributed by atoms with van der Waals surface area (Å²) < 4.78 is 10.0. The Morgan fingerprint density at radius 2 is 1.81 bits per heavy atom. The van der Waals surface area contributed by atoms with Crippen molar-refractivity contribution in [1.29, 1.82) is 0 Å². The molecule has 7 heteroatoms. The zero-order valence-electron chi connectivity index (χ0n) is 14.4. The maximum absolute atomic E-state index is 12.0. The third-order valence-corrected chi connectivity index (χ3v) is 4.20. The number of hydrogen-bond donors (Lipinski definition) is 1. The highest BCUT2D eigenvalue weighted by atomic mass is 35.5. The predicted octanol–water partition coefficient (Wildman–Crippen LogP) is 4.17. The lowest BCUT2D eigenvalue weighted by Gasteiger charge is -2.16. The van der Waals surface area contributed by atoms with Crippen molar-refractivity contribution in [2.75, 3.05) is 13.7 Å². The van der Waals surface area contributed by atoms with Gasteiger partial charge in [0.25, 0.3) is 5.91 Å². The van der Waals surface area contributed by atoms with Crippen LogP contribution < -0.4 is 5.32 Å². The Morgan fingerprint density at radius 1 is 1.12 bits per heavy atom. The molecule has 0 bridgehead atoms. The van der Waals surface area contributed by atoms with Gasteiger partial charge in [0.05, 0.1) is 18.2 Å². The fraction of sp³-hybridized carbons (Fsp3) is 0.263. The molecule has 0 heterocycles. The van der Waals surface area contributed by atoms with Gasteiger partial charge in [-0.1, -0.05) is 41.4 Å². The van der Waals surface area contributed by atoms with Crippen LogP contribution in [0.2, 0.25) is 10.0 Å². The van der Waals surface area contributed by atoms with Crippen molar-refractivity contribution in [3.63, 3.8) is 0 Å². The molecule has 0 fully saturated rings. The van der Waals surface area contributed by atoms with Crippen LogP contribution in [-0.4, -0.2) is 25.6 Å². The van der Waals surface area contributed by atoms with Crippen LogP contribution in [0.25, 0.3) is 0 Å². The second kappa shape index (κ2) is 9.57. The molecule has 0 aliphatic carbocycles. The van der Waals surface area contributed by atoms with Crippen molar-refractivity contribution >= 4 is 35.1 Å². The Bertz CT molecular complexity index is 778. The molecule has 2 aromatic carbocycles. The lowest BCUT2D eigenvalue weighted by atomic mass is 10.1. The van der Waals surface area contributed by atoms with Gasteiger partial charge in [-0.2, -0.15) is 0 Å². The molecular formula is C19H19Cl2NO4. The zero-order valence-corrected chi connectivity index (χ0v) is 15.9. The van der Waals surface area contributed by atoms with Crippen molar-refractivity contribution in [2.45, 2.75) is 19.6 Å². The predicted molar refractivity (Wildman–Crippen MR) is 100 cm³/mol. The minimum Gasteiger partial charge on any atom is -0.452 e. The number of carbonyl (C=O) groups is 2. The minimum absolute atomic E-state index is 0.348. The summed E-state index contributed by atoms with van der Waals surface area (Å²) in [5, 5.41) is 3.70. The summed E-state index contributed by atoms with van der Waals surface area (Å²) in [7, 11) is 1.60. The number of hydrogen-bond acceptors (Lipinski definition) is 4. The van der Waals surface area contributed by atoms with E-state index in [1.54, 1.807) is 56.5 Å². The molecule has 138 valence electrons. The highest BCUT2D eigenvalue weighted by molar-refractivity contribution is 6.35. The third kappa shape index (κ3) is 5.73. The first kappa shape index (κ1) is 20.2. The molecule has 0 radical (unpaired) electrons. The van der Waals surface area contributed by atoms with Gasteiger partial charge >= 0.3 is 5.97 Å². The molecule has 2 rings (SSSR count). The Hall–Kier alpha value is -2.08. The van der Waals surface area contributed by atoms with E-state index < -0.39 is 11.9 Å². The standard InChI is InChI=1S/C19H19Cl2NO4/c1-12(16-8-7-15(20)9-17(16)21)22-18(23)11-26-19(24)14-5-3-13(4-6-14)10-25-2/h3-9,12H,10-11H2,1-2H3,(H,22,23). The van der Waals surface area contributed by atoms with E-state index in [0.717, 1.165) is 11.1 Å². The van der Waals surface area contributed by atoms with Crippen LogP contribution in [0, 0.1) is 0 Å². The van der Waals surface area contributed by atoms with Gasteiger partial charge in [-0.15, -0.1) is 0 Å². The number of carbonyl (C=O) groups excluding carboxylic acids is 2. The van der Waals surface area contributed by atoms with Gasteiger partial charge < -0.3 is 14.8 Å². The average Bonchev–Trinajstić information content (AvgIpc) is 2.60. The molecule has 5 nitrogen and oxygen atoms in total. The number of esters is 1. The normalized spacial score (nSPS) is 11.7. The van der Waals surface area contributed by atoms with Gasteiger partial charge in [-0.05, 0) is 42.3 Å². The van der Waals surface area contributed by atoms with Gasteiger partial charge in [0.2, 0.25) is 0 Å². The summed E-state index contributed by atoms with van der Waals surface area (Å²) >= 11 is 12.0. The highest BCUT2D eigenvalue weighted by Crippen LogP contribution is 2.26. The highest BCUT2D eigenvalue weighted by Gasteiger charge is 2.15. The van der Waals surface area contributed by atoms with Crippen molar-refractivity contribution in [1.82, 2.24) is 5.32 Å². The molecule has 1 amide bonds. The lowest BCUT2D eigenvalue weighted by Crippen LogP contribution is -2.31. The fourth-order valence-corrected chi connectivity index (χ4v) is 2.90. The van der Waals surface area contributed by atoms with E-state index in [0.29, 0.717) is 22.2 Å². The minimum atomic E-state index is -0.568. The maximum Gasteiger partial charge on any atom is 0.338 e.